The molecule has 0 amide bonds. The van der Waals surface area contributed by atoms with Crippen molar-refractivity contribution in [2.75, 3.05) is 11.9 Å². The maximum atomic E-state index is 5.51. The Hall–Kier alpha value is -1.32. The van der Waals surface area contributed by atoms with Crippen molar-refractivity contribution in [3.05, 3.63) is 11.9 Å². The second kappa shape index (κ2) is 7.31. The van der Waals surface area contributed by atoms with Crippen LogP contribution in [0.3, 0.4) is 0 Å². The third-order valence-electron chi connectivity index (χ3n) is 3.56. The third kappa shape index (κ3) is 4.37. The predicted molar refractivity (Wildman–Crippen MR) is 77.7 cm³/mol. The molecule has 0 spiro atoms. The first-order valence-electron chi connectivity index (χ1n) is 7.59. The zero-order valence-electron chi connectivity index (χ0n) is 12.1. The average Bonchev–Trinajstić information content (AvgIpc) is 2.67. The lowest BCUT2D eigenvalue weighted by atomic mass is 10.1. The summed E-state index contributed by atoms with van der Waals surface area (Å²) >= 11 is 0. The van der Waals surface area contributed by atoms with E-state index in [9.17, 15) is 0 Å². The Bertz CT molecular complexity index is 387. The summed E-state index contributed by atoms with van der Waals surface area (Å²) in [5.41, 5.74) is 0. The molecule has 0 aromatic carbocycles. The average molecular weight is 263 g/mol. The molecule has 0 radical (unpaired) electrons. The van der Waals surface area contributed by atoms with E-state index < -0.39 is 0 Å². The van der Waals surface area contributed by atoms with Crippen LogP contribution in [0.5, 0.6) is 5.88 Å². The van der Waals surface area contributed by atoms with Gasteiger partial charge in [0.1, 0.15) is 11.6 Å². The Kier molecular flexibility index (Phi) is 5.43. The summed E-state index contributed by atoms with van der Waals surface area (Å²) in [6.45, 7) is 4.69. The lowest BCUT2D eigenvalue weighted by Crippen LogP contribution is -2.19. The molecule has 0 bridgehead atoms. The Balaban J connectivity index is 2.06. The van der Waals surface area contributed by atoms with Crippen molar-refractivity contribution in [3.8, 4) is 5.88 Å². The Morgan fingerprint density at radius 1 is 1.16 bits per heavy atom. The summed E-state index contributed by atoms with van der Waals surface area (Å²) in [7, 11) is 0. The first-order chi connectivity index (χ1) is 9.31. The molecule has 1 saturated carbocycles. The number of nitrogens with zero attached hydrogens (tertiary/aromatic N) is 2. The van der Waals surface area contributed by atoms with Gasteiger partial charge in [-0.05, 0) is 19.8 Å². The minimum absolute atomic E-state index is 0.552. The minimum atomic E-state index is 0.552. The summed E-state index contributed by atoms with van der Waals surface area (Å²) < 4.78 is 5.51. The minimum Gasteiger partial charge on any atom is -0.478 e. The molecule has 1 heterocycles. The van der Waals surface area contributed by atoms with E-state index in [2.05, 4.69) is 22.2 Å². The van der Waals surface area contributed by atoms with Gasteiger partial charge in [-0.3, -0.25) is 0 Å². The van der Waals surface area contributed by atoms with E-state index in [0.29, 0.717) is 18.5 Å². The van der Waals surface area contributed by atoms with Crippen LogP contribution in [0.2, 0.25) is 0 Å². The van der Waals surface area contributed by atoms with E-state index in [4.69, 9.17) is 4.74 Å². The normalized spacial score (nSPS) is 16.9. The van der Waals surface area contributed by atoms with Crippen LogP contribution in [0.4, 0.5) is 5.82 Å². The van der Waals surface area contributed by atoms with Crippen molar-refractivity contribution in [1.82, 2.24) is 9.97 Å². The first kappa shape index (κ1) is 14.1. The third-order valence-corrected chi connectivity index (χ3v) is 3.56. The molecule has 4 heteroatoms. The number of anilines is 1. The fourth-order valence-electron chi connectivity index (χ4n) is 2.56. The van der Waals surface area contributed by atoms with Gasteiger partial charge in [-0.25, -0.2) is 4.98 Å². The molecule has 1 aliphatic carbocycles. The van der Waals surface area contributed by atoms with Crippen molar-refractivity contribution in [1.29, 1.82) is 0 Å². The molecule has 1 N–H and O–H groups in total. The molecule has 2 rings (SSSR count). The highest BCUT2D eigenvalue weighted by molar-refractivity contribution is 5.39. The van der Waals surface area contributed by atoms with Crippen LogP contribution in [-0.4, -0.2) is 22.6 Å². The molecule has 0 atom stereocenters. The molecule has 4 nitrogen and oxygen atoms in total. The smallest absolute Gasteiger partial charge is 0.218 e. The molecule has 0 aliphatic heterocycles. The molecule has 1 aromatic heterocycles. The molecule has 106 valence electrons. The highest BCUT2D eigenvalue weighted by atomic mass is 16.5. The summed E-state index contributed by atoms with van der Waals surface area (Å²) in [4.78, 5) is 8.94. The van der Waals surface area contributed by atoms with Gasteiger partial charge in [-0.1, -0.05) is 32.6 Å². The number of hydrogen-bond donors (Lipinski definition) is 1. The number of nitrogens with one attached hydrogen (secondary N) is 1. The van der Waals surface area contributed by atoms with E-state index in [0.717, 1.165) is 18.1 Å². The maximum absolute atomic E-state index is 5.51. The number of ether oxygens (including phenoxy) is 1. The highest BCUT2D eigenvalue weighted by Gasteiger charge is 2.13. The van der Waals surface area contributed by atoms with E-state index in [1.54, 1.807) is 0 Å². The van der Waals surface area contributed by atoms with Crippen LogP contribution in [0, 0.1) is 0 Å². The van der Waals surface area contributed by atoms with Crippen LogP contribution in [-0.2, 0) is 6.42 Å². The largest absolute Gasteiger partial charge is 0.478 e. The van der Waals surface area contributed by atoms with Gasteiger partial charge in [0.25, 0.3) is 0 Å². The van der Waals surface area contributed by atoms with Gasteiger partial charge in [0.2, 0.25) is 5.88 Å². The van der Waals surface area contributed by atoms with Crippen molar-refractivity contribution in [2.45, 2.75) is 64.8 Å². The van der Waals surface area contributed by atoms with Crippen LogP contribution in [0.1, 0.15) is 58.2 Å². The zero-order chi connectivity index (χ0) is 13.5. The van der Waals surface area contributed by atoms with Gasteiger partial charge < -0.3 is 10.1 Å². The Labute approximate surface area is 116 Å². The van der Waals surface area contributed by atoms with Crippen LogP contribution < -0.4 is 10.1 Å². The molecule has 1 aliphatic rings. The van der Waals surface area contributed by atoms with Crippen LogP contribution in [0.25, 0.3) is 0 Å². The molecular formula is C15H25N3O. The summed E-state index contributed by atoms with van der Waals surface area (Å²) in [6, 6.07) is 2.48. The van der Waals surface area contributed by atoms with Crippen LogP contribution >= 0.6 is 0 Å². The molecule has 1 aromatic rings. The molecule has 0 unspecified atom stereocenters. The summed E-state index contributed by atoms with van der Waals surface area (Å²) in [5.74, 6) is 2.45. The first-order valence-corrected chi connectivity index (χ1v) is 7.59. The van der Waals surface area contributed by atoms with Crippen molar-refractivity contribution < 1.29 is 4.74 Å². The summed E-state index contributed by atoms with van der Waals surface area (Å²) in [6.07, 6.45) is 8.70. The van der Waals surface area contributed by atoms with Gasteiger partial charge in [-0.15, -0.1) is 0 Å². The quantitative estimate of drug-likeness (QED) is 0.825. The number of aromatic nitrogens is 2. The molecule has 1 fully saturated rings. The van der Waals surface area contributed by atoms with E-state index >= 15 is 0 Å². The fourth-order valence-corrected chi connectivity index (χ4v) is 2.56. The van der Waals surface area contributed by atoms with Gasteiger partial charge >= 0.3 is 0 Å². The van der Waals surface area contributed by atoms with Gasteiger partial charge in [0.05, 0.1) is 6.61 Å². The molecule has 0 saturated heterocycles. The van der Waals surface area contributed by atoms with E-state index in [-0.39, 0.29) is 0 Å². The second-order valence-electron chi connectivity index (χ2n) is 5.13. The second-order valence-corrected chi connectivity index (χ2v) is 5.13. The number of aryl methyl sites for hydroxylation is 1. The molecular weight excluding hydrogens is 238 g/mol. The number of hydrogen-bond acceptors (Lipinski definition) is 4. The fraction of sp³-hybridized carbons (Fsp3) is 0.733. The Morgan fingerprint density at radius 3 is 2.53 bits per heavy atom. The number of rotatable bonds is 5. The van der Waals surface area contributed by atoms with Gasteiger partial charge in [-0.2, -0.15) is 4.98 Å². The van der Waals surface area contributed by atoms with Crippen LogP contribution in [0.15, 0.2) is 6.07 Å². The standard InChI is InChI=1S/C15H25N3O/c1-3-13-17-14(11-15(18-13)19-4-2)16-12-9-7-5-6-8-10-12/h11-12H,3-10H2,1-2H3,(H,16,17,18). The lowest BCUT2D eigenvalue weighted by molar-refractivity contribution is 0.325. The van der Waals surface area contributed by atoms with E-state index in [1.807, 2.05) is 13.0 Å². The Morgan fingerprint density at radius 2 is 1.89 bits per heavy atom. The van der Waals surface area contributed by atoms with Crippen molar-refractivity contribution >= 4 is 5.82 Å². The SMILES string of the molecule is CCOc1cc(NC2CCCCCC2)nc(CC)n1. The van der Waals surface area contributed by atoms with Gasteiger partial charge in [0, 0.05) is 18.5 Å². The summed E-state index contributed by atoms with van der Waals surface area (Å²) in [5, 5.41) is 3.56. The van der Waals surface area contributed by atoms with Crippen molar-refractivity contribution in [3.63, 3.8) is 0 Å². The van der Waals surface area contributed by atoms with Gasteiger partial charge in [0.15, 0.2) is 0 Å². The topological polar surface area (TPSA) is 47.0 Å². The maximum Gasteiger partial charge on any atom is 0.218 e. The predicted octanol–water partition coefficient (Wildman–Crippen LogP) is 3.57. The monoisotopic (exact) mass is 263 g/mol. The zero-order valence-corrected chi connectivity index (χ0v) is 12.1. The lowest BCUT2D eigenvalue weighted by Gasteiger charge is -2.17. The highest BCUT2D eigenvalue weighted by Crippen LogP contribution is 2.22. The van der Waals surface area contributed by atoms with Crippen molar-refractivity contribution in [2.24, 2.45) is 0 Å². The van der Waals surface area contributed by atoms with E-state index in [1.165, 1.54) is 38.5 Å². The molecule has 19 heavy (non-hydrogen) atoms.